The van der Waals surface area contributed by atoms with Gasteiger partial charge in [-0.05, 0) is 43.3 Å². The lowest BCUT2D eigenvalue weighted by molar-refractivity contribution is -0.131. The van der Waals surface area contributed by atoms with E-state index in [2.05, 4.69) is 40.0 Å². The number of nitrogens with one attached hydrogen (secondary N) is 2. The third kappa shape index (κ3) is 6.12. The molecule has 25 heavy (non-hydrogen) atoms. The lowest BCUT2D eigenvalue weighted by Gasteiger charge is -2.36. The molecule has 2 heterocycles. The molecule has 1 aromatic heterocycles. The third-order valence-electron chi connectivity index (χ3n) is 4.71. The number of hydrogen-bond acceptors (Lipinski definition) is 4. The van der Waals surface area contributed by atoms with Crippen molar-refractivity contribution in [3.05, 3.63) is 22.4 Å². The molecular formula is C19H31N3O2S. The van der Waals surface area contributed by atoms with Gasteiger partial charge in [-0.1, -0.05) is 33.8 Å². The quantitative estimate of drug-likeness (QED) is 0.815. The van der Waals surface area contributed by atoms with Crippen molar-refractivity contribution in [1.82, 2.24) is 15.5 Å². The van der Waals surface area contributed by atoms with E-state index in [4.69, 9.17) is 0 Å². The zero-order valence-corrected chi connectivity index (χ0v) is 16.6. The fourth-order valence-electron chi connectivity index (χ4n) is 2.93. The van der Waals surface area contributed by atoms with E-state index in [1.807, 2.05) is 20.8 Å². The first-order valence-electron chi connectivity index (χ1n) is 9.10. The van der Waals surface area contributed by atoms with Gasteiger partial charge in [0.15, 0.2) is 0 Å². The molecule has 1 aliphatic heterocycles. The normalized spacial score (nSPS) is 17.9. The van der Waals surface area contributed by atoms with Gasteiger partial charge in [-0.15, -0.1) is 11.3 Å². The Labute approximate surface area is 155 Å². The zero-order valence-electron chi connectivity index (χ0n) is 15.8. The average molecular weight is 366 g/mol. The highest BCUT2D eigenvalue weighted by molar-refractivity contribution is 7.10. The lowest BCUT2D eigenvalue weighted by Crippen LogP contribution is -2.45. The molecule has 2 rings (SSSR count). The summed E-state index contributed by atoms with van der Waals surface area (Å²) in [6, 6.07) is 4.42. The Hall–Kier alpha value is -1.40. The van der Waals surface area contributed by atoms with Crippen LogP contribution >= 0.6 is 11.3 Å². The molecule has 0 aliphatic carbocycles. The Bertz CT molecular complexity index is 558. The van der Waals surface area contributed by atoms with E-state index in [-0.39, 0.29) is 24.4 Å². The minimum absolute atomic E-state index is 0.0320. The summed E-state index contributed by atoms with van der Waals surface area (Å²) in [5, 5.41) is 7.79. The average Bonchev–Trinajstić information content (AvgIpc) is 3.07. The summed E-state index contributed by atoms with van der Waals surface area (Å²) in [4.78, 5) is 27.8. The second-order valence-electron chi connectivity index (χ2n) is 7.99. The van der Waals surface area contributed by atoms with Crippen LogP contribution in [0.3, 0.4) is 0 Å². The number of amides is 2. The van der Waals surface area contributed by atoms with Crippen molar-refractivity contribution in [2.45, 2.75) is 46.6 Å². The molecule has 0 aromatic carbocycles. The third-order valence-corrected chi connectivity index (χ3v) is 5.69. The van der Waals surface area contributed by atoms with Crippen LogP contribution in [-0.4, -0.2) is 42.9 Å². The van der Waals surface area contributed by atoms with Crippen LogP contribution in [0.25, 0.3) is 0 Å². The molecule has 1 unspecified atom stereocenters. The number of likely N-dealkylation sites (tertiary alicyclic amines) is 1. The van der Waals surface area contributed by atoms with Crippen molar-refractivity contribution in [1.29, 1.82) is 0 Å². The summed E-state index contributed by atoms with van der Waals surface area (Å²) in [7, 11) is 0. The molecule has 2 N–H and O–H groups in total. The van der Waals surface area contributed by atoms with E-state index in [0.717, 1.165) is 19.0 Å². The van der Waals surface area contributed by atoms with Gasteiger partial charge in [0, 0.05) is 16.8 Å². The second-order valence-corrected chi connectivity index (χ2v) is 8.97. The van der Waals surface area contributed by atoms with Gasteiger partial charge in [-0.25, -0.2) is 0 Å². The summed E-state index contributed by atoms with van der Waals surface area (Å²) in [6.45, 7) is 10.6. The Morgan fingerprint density at radius 2 is 1.96 bits per heavy atom. The Morgan fingerprint density at radius 1 is 1.28 bits per heavy atom. The number of thiophene rings is 1. The number of rotatable bonds is 6. The number of carbonyl (C=O) groups excluding carboxylic acids is 2. The number of nitrogens with zero attached hydrogens (tertiary/aromatic N) is 1. The van der Waals surface area contributed by atoms with E-state index < -0.39 is 5.41 Å². The largest absolute Gasteiger partial charge is 0.353 e. The molecule has 0 bridgehead atoms. The van der Waals surface area contributed by atoms with Crippen LogP contribution in [0.4, 0.5) is 0 Å². The summed E-state index contributed by atoms with van der Waals surface area (Å²) in [5.74, 6) is 0.537. The molecule has 140 valence electrons. The van der Waals surface area contributed by atoms with Crippen LogP contribution in [-0.2, 0) is 9.59 Å². The predicted octanol–water partition coefficient (Wildman–Crippen LogP) is 2.80. The summed E-state index contributed by atoms with van der Waals surface area (Å²) in [5.41, 5.74) is -0.482. The van der Waals surface area contributed by atoms with Gasteiger partial charge in [0.1, 0.15) is 0 Å². The van der Waals surface area contributed by atoms with Gasteiger partial charge in [0.05, 0.1) is 12.6 Å². The topological polar surface area (TPSA) is 61.4 Å². The number of carbonyl (C=O) groups is 2. The van der Waals surface area contributed by atoms with E-state index in [9.17, 15) is 9.59 Å². The number of piperidine rings is 1. The minimum Gasteiger partial charge on any atom is -0.353 e. The second kappa shape index (κ2) is 8.81. The highest BCUT2D eigenvalue weighted by Gasteiger charge is 2.26. The zero-order chi connectivity index (χ0) is 18.4. The van der Waals surface area contributed by atoms with Crippen LogP contribution in [0.2, 0.25) is 0 Å². The number of hydrogen-bond donors (Lipinski definition) is 2. The fraction of sp³-hybridized carbons (Fsp3) is 0.684. The minimum atomic E-state index is -0.482. The van der Waals surface area contributed by atoms with E-state index in [0.29, 0.717) is 6.54 Å². The van der Waals surface area contributed by atoms with E-state index >= 15 is 0 Å². The molecule has 1 saturated heterocycles. The van der Waals surface area contributed by atoms with Gasteiger partial charge in [0.25, 0.3) is 0 Å². The first-order valence-corrected chi connectivity index (χ1v) is 9.98. The molecule has 0 spiro atoms. The van der Waals surface area contributed by atoms with Gasteiger partial charge in [-0.3, -0.25) is 14.5 Å². The lowest BCUT2D eigenvalue weighted by atomic mass is 9.96. The highest BCUT2D eigenvalue weighted by atomic mass is 32.1. The molecule has 2 amide bonds. The Balaban J connectivity index is 1.87. The summed E-state index contributed by atoms with van der Waals surface area (Å²) < 4.78 is 0. The van der Waals surface area contributed by atoms with E-state index in [1.54, 1.807) is 11.3 Å². The SMILES string of the molecule is CC1CCN(C(CNC(=O)CNC(=O)C(C)(C)C)c2cccs2)CC1. The summed E-state index contributed by atoms with van der Waals surface area (Å²) in [6.07, 6.45) is 2.41. The van der Waals surface area contributed by atoms with Crippen molar-refractivity contribution in [3.8, 4) is 0 Å². The predicted molar refractivity (Wildman–Crippen MR) is 103 cm³/mol. The summed E-state index contributed by atoms with van der Waals surface area (Å²) >= 11 is 1.74. The highest BCUT2D eigenvalue weighted by Crippen LogP contribution is 2.29. The first-order chi connectivity index (χ1) is 11.8. The van der Waals surface area contributed by atoms with Gasteiger partial charge in [-0.2, -0.15) is 0 Å². The van der Waals surface area contributed by atoms with Crippen molar-refractivity contribution < 1.29 is 9.59 Å². The smallest absolute Gasteiger partial charge is 0.239 e. The maximum atomic E-state index is 12.1. The monoisotopic (exact) mass is 365 g/mol. The molecule has 6 heteroatoms. The van der Waals surface area contributed by atoms with E-state index in [1.165, 1.54) is 17.7 Å². The molecule has 0 saturated carbocycles. The van der Waals surface area contributed by atoms with Crippen LogP contribution in [0.15, 0.2) is 17.5 Å². The molecule has 1 aromatic rings. The molecule has 1 fully saturated rings. The maximum Gasteiger partial charge on any atom is 0.239 e. The molecular weight excluding hydrogens is 334 g/mol. The van der Waals surface area contributed by atoms with Crippen molar-refractivity contribution in [3.63, 3.8) is 0 Å². The van der Waals surface area contributed by atoms with Crippen LogP contribution in [0.5, 0.6) is 0 Å². The first kappa shape index (κ1) is 19.9. The fourth-order valence-corrected chi connectivity index (χ4v) is 3.79. The van der Waals surface area contributed by atoms with Crippen LogP contribution in [0, 0.1) is 11.3 Å². The molecule has 1 atom stereocenters. The Morgan fingerprint density at radius 3 is 2.52 bits per heavy atom. The molecule has 0 radical (unpaired) electrons. The van der Waals surface area contributed by atoms with Gasteiger partial charge >= 0.3 is 0 Å². The van der Waals surface area contributed by atoms with Crippen molar-refractivity contribution in [2.75, 3.05) is 26.2 Å². The van der Waals surface area contributed by atoms with Crippen molar-refractivity contribution >= 4 is 23.2 Å². The van der Waals surface area contributed by atoms with Crippen LogP contribution in [0.1, 0.15) is 51.5 Å². The maximum absolute atomic E-state index is 12.1. The van der Waals surface area contributed by atoms with Gasteiger partial charge in [0.2, 0.25) is 11.8 Å². The van der Waals surface area contributed by atoms with Gasteiger partial charge < -0.3 is 10.6 Å². The molecule has 1 aliphatic rings. The standard InChI is InChI=1S/C19H31N3O2S/c1-14-7-9-22(10-8-14)15(16-6-5-11-25-16)12-20-17(23)13-21-18(24)19(2,3)4/h5-6,11,14-15H,7-10,12-13H2,1-4H3,(H,20,23)(H,21,24). The van der Waals surface area contributed by atoms with Crippen molar-refractivity contribution in [2.24, 2.45) is 11.3 Å². The molecule has 5 nitrogen and oxygen atoms in total. The van der Waals surface area contributed by atoms with Crippen LogP contribution < -0.4 is 10.6 Å². The Kier molecular flexibility index (Phi) is 7.02.